The van der Waals surface area contributed by atoms with Crippen molar-refractivity contribution in [3.63, 3.8) is 0 Å². The van der Waals surface area contributed by atoms with Gasteiger partial charge in [0, 0.05) is 97.4 Å². The number of carbonyl (C=O) groups excluding carboxylic acids is 1. The molecule has 0 aliphatic rings. The van der Waals surface area contributed by atoms with Crippen LogP contribution >= 0.6 is 23.2 Å². The minimum absolute atomic E-state index is 0.00405. The Hall–Kier alpha value is -6.17. The van der Waals surface area contributed by atoms with E-state index in [4.69, 9.17) is 28.9 Å². The number of hydrogen-bond acceptors (Lipinski definition) is 14. The molecule has 0 aliphatic heterocycles. The van der Waals surface area contributed by atoms with Gasteiger partial charge in [-0.05, 0) is 55.8 Å². The molecule has 1 amide bonds. The second kappa shape index (κ2) is 20.3. The van der Waals surface area contributed by atoms with Gasteiger partial charge in [-0.1, -0.05) is 23.2 Å². The van der Waals surface area contributed by atoms with Gasteiger partial charge in [0.05, 0.1) is 10.0 Å². The first kappa shape index (κ1) is 40.0. The predicted molar refractivity (Wildman–Crippen MR) is 209 cm³/mol. The van der Waals surface area contributed by atoms with Crippen LogP contribution in [0.1, 0.15) is 19.8 Å². The molecule has 0 unspecified atom stereocenters. The summed E-state index contributed by atoms with van der Waals surface area (Å²) < 4.78 is 26.6. The van der Waals surface area contributed by atoms with E-state index in [0.29, 0.717) is 67.5 Å². The predicted octanol–water partition coefficient (Wildman–Crippen LogP) is 6.64. The van der Waals surface area contributed by atoms with Crippen LogP contribution in [0.25, 0.3) is 22.3 Å². The average molecular weight is 790 g/mol. The molecular formula is C36H36Cl2F2N14O. The Kier molecular flexibility index (Phi) is 14.8. The van der Waals surface area contributed by atoms with Gasteiger partial charge in [0.2, 0.25) is 17.8 Å². The fourth-order valence-electron chi connectivity index (χ4n) is 4.73. The van der Waals surface area contributed by atoms with Gasteiger partial charge in [0.1, 0.15) is 35.9 Å². The summed E-state index contributed by atoms with van der Waals surface area (Å²) in [5.41, 5.74) is 9.74. The van der Waals surface area contributed by atoms with E-state index in [1.807, 2.05) is 0 Å². The zero-order valence-electron chi connectivity index (χ0n) is 29.4. The maximum atomic E-state index is 13.4. The Morgan fingerprint density at radius 1 is 0.673 bits per heavy atom. The smallest absolute Gasteiger partial charge is 0.229 e. The van der Waals surface area contributed by atoms with Crippen LogP contribution < -0.4 is 32.3 Å². The number of amides is 1. The van der Waals surface area contributed by atoms with Crippen molar-refractivity contribution in [2.45, 2.75) is 19.8 Å². The maximum absolute atomic E-state index is 13.4. The quantitative estimate of drug-likeness (QED) is 0.0604. The van der Waals surface area contributed by atoms with E-state index in [2.05, 4.69) is 66.5 Å². The van der Waals surface area contributed by atoms with Crippen molar-refractivity contribution in [1.29, 1.82) is 0 Å². The summed E-state index contributed by atoms with van der Waals surface area (Å²) in [4.78, 5) is 44.7. The van der Waals surface area contributed by atoms with E-state index >= 15 is 0 Å². The standard InChI is InChI=1S/C19H19ClFN7O.C17H17ClFN7/c1-12(29)24-5-2-6-25-18-15(13-8-22-11-23-9-13)10-26-19(28-18)27-14-3-4-17(21)16(20)7-14;18-14-6-12(2-3-15(14)19)25-17-24-9-13(11-7-21-10-22-8-11)16(26-17)23-5-1-4-20/h3-4,7-11H,2,5-6H2,1H3,(H,24,29)(H2,25,26,27,28);2-3,6-10H,1,4-5,20H2,(H2,23,24,25,26). The summed E-state index contributed by atoms with van der Waals surface area (Å²) in [6.45, 7) is 3.85. The number of halogens is 4. The van der Waals surface area contributed by atoms with Crippen LogP contribution in [0.3, 0.4) is 0 Å². The van der Waals surface area contributed by atoms with Crippen LogP contribution in [0.5, 0.6) is 0 Å². The molecule has 0 aliphatic carbocycles. The van der Waals surface area contributed by atoms with Crippen LogP contribution in [0.4, 0.5) is 43.7 Å². The van der Waals surface area contributed by atoms with Crippen molar-refractivity contribution >= 4 is 64.0 Å². The molecule has 0 saturated heterocycles. The molecule has 7 N–H and O–H groups in total. The normalized spacial score (nSPS) is 10.5. The summed E-state index contributed by atoms with van der Waals surface area (Å²) in [5, 5.41) is 15.3. The average Bonchev–Trinajstić information content (AvgIpc) is 3.19. The molecule has 4 heterocycles. The highest BCUT2D eigenvalue weighted by Crippen LogP contribution is 2.29. The zero-order valence-corrected chi connectivity index (χ0v) is 30.9. The molecule has 0 bridgehead atoms. The highest BCUT2D eigenvalue weighted by atomic mass is 35.5. The summed E-state index contributed by atoms with van der Waals surface area (Å²) in [6.07, 6.45) is 14.4. The van der Waals surface area contributed by atoms with E-state index in [9.17, 15) is 13.6 Å². The second-order valence-electron chi connectivity index (χ2n) is 11.5. The molecule has 0 saturated carbocycles. The lowest BCUT2D eigenvalue weighted by molar-refractivity contribution is -0.118. The summed E-state index contributed by atoms with van der Waals surface area (Å²) >= 11 is 11.6. The number of rotatable bonds is 15. The molecule has 55 heavy (non-hydrogen) atoms. The van der Waals surface area contributed by atoms with Crippen LogP contribution in [-0.2, 0) is 4.79 Å². The number of nitrogens with zero attached hydrogens (tertiary/aromatic N) is 8. The zero-order chi connectivity index (χ0) is 39.0. The van der Waals surface area contributed by atoms with Crippen LogP contribution in [-0.4, -0.2) is 72.0 Å². The summed E-state index contributed by atoms with van der Waals surface area (Å²) in [6, 6.07) is 8.58. The van der Waals surface area contributed by atoms with E-state index in [0.717, 1.165) is 28.7 Å². The highest BCUT2D eigenvalue weighted by molar-refractivity contribution is 6.31. The van der Waals surface area contributed by atoms with Crippen molar-refractivity contribution in [2.24, 2.45) is 5.73 Å². The van der Waals surface area contributed by atoms with Gasteiger partial charge in [-0.2, -0.15) is 9.97 Å². The molecule has 0 atom stereocenters. The van der Waals surface area contributed by atoms with Gasteiger partial charge >= 0.3 is 0 Å². The molecule has 15 nitrogen and oxygen atoms in total. The first-order chi connectivity index (χ1) is 26.7. The molecule has 4 aromatic heterocycles. The van der Waals surface area contributed by atoms with Gasteiger partial charge in [0.15, 0.2) is 0 Å². The third-order valence-electron chi connectivity index (χ3n) is 7.37. The number of nitrogens with two attached hydrogens (primary N) is 1. The lowest BCUT2D eigenvalue weighted by Gasteiger charge is -2.13. The Morgan fingerprint density at radius 3 is 1.55 bits per heavy atom. The molecule has 2 aromatic carbocycles. The molecule has 0 spiro atoms. The topological polar surface area (TPSA) is 206 Å². The van der Waals surface area contributed by atoms with E-state index < -0.39 is 11.6 Å². The first-order valence-corrected chi connectivity index (χ1v) is 17.6. The minimum atomic E-state index is -0.501. The molecule has 0 radical (unpaired) electrons. The number of anilines is 6. The molecule has 284 valence electrons. The van der Waals surface area contributed by atoms with Gasteiger partial charge in [-0.3, -0.25) is 4.79 Å². The summed E-state index contributed by atoms with van der Waals surface area (Å²) in [5.74, 6) is 0.813. The van der Waals surface area contributed by atoms with Crippen molar-refractivity contribution in [3.05, 3.63) is 108 Å². The lowest BCUT2D eigenvalue weighted by Crippen LogP contribution is -2.23. The third-order valence-corrected chi connectivity index (χ3v) is 7.94. The van der Waals surface area contributed by atoms with E-state index in [-0.39, 0.29) is 16.0 Å². The largest absolute Gasteiger partial charge is 0.369 e. The molecule has 6 aromatic rings. The van der Waals surface area contributed by atoms with Crippen molar-refractivity contribution < 1.29 is 13.6 Å². The SMILES string of the molecule is CC(=O)NCCCNc1nc(Nc2ccc(F)c(Cl)c2)ncc1-c1cncnc1.NCCCNc1nc(Nc2ccc(F)c(Cl)c2)ncc1-c1cncnc1. The van der Waals surface area contributed by atoms with Crippen LogP contribution in [0.15, 0.2) is 86.2 Å². The molecule has 0 fully saturated rings. The van der Waals surface area contributed by atoms with E-state index in [1.165, 1.54) is 43.8 Å². The third kappa shape index (κ3) is 12.2. The number of carbonyl (C=O) groups is 1. The Labute approximate surface area is 325 Å². The van der Waals surface area contributed by atoms with Crippen molar-refractivity contribution in [1.82, 2.24) is 45.2 Å². The second-order valence-corrected chi connectivity index (χ2v) is 12.3. The molecular weight excluding hydrogens is 753 g/mol. The lowest BCUT2D eigenvalue weighted by atomic mass is 10.1. The highest BCUT2D eigenvalue weighted by Gasteiger charge is 2.13. The number of nitrogens with one attached hydrogen (secondary N) is 5. The van der Waals surface area contributed by atoms with E-state index in [1.54, 1.807) is 49.3 Å². The van der Waals surface area contributed by atoms with Gasteiger partial charge in [-0.15, -0.1) is 0 Å². The Morgan fingerprint density at radius 2 is 1.13 bits per heavy atom. The molecule has 6 rings (SSSR count). The fraction of sp³-hybridized carbons (Fsp3) is 0.194. The summed E-state index contributed by atoms with van der Waals surface area (Å²) in [7, 11) is 0. The monoisotopic (exact) mass is 788 g/mol. The number of aromatic nitrogens is 8. The number of hydrogen-bond donors (Lipinski definition) is 6. The molecule has 19 heteroatoms. The van der Waals surface area contributed by atoms with Gasteiger partial charge < -0.3 is 32.3 Å². The van der Waals surface area contributed by atoms with Gasteiger partial charge in [-0.25, -0.2) is 38.7 Å². The fourth-order valence-corrected chi connectivity index (χ4v) is 5.09. The first-order valence-electron chi connectivity index (χ1n) is 16.8. The van der Waals surface area contributed by atoms with Gasteiger partial charge in [0.25, 0.3) is 0 Å². The van der Waals surface area contributed by atoms with Crippen molar-refractivity contribution in [3.8, 4) is 22.3 Å². The Balaban J connectivity index is 0.000000212. The van der Waals surface area contributed by atoms with Crippen LogP contribution in [0, 0.1) is 11.6 Å². The Bertz CT molecular complexity index is 2170. The number of benzene rings is 2. The minimum Gasteiger partial charge on any atom is -0.369 e. The maximum Gasteiger partial charge on any atom is 0.229 e. The van der Waals surface area contributed by atoms with Crippen LogP contribution in [0.2, 0.25) is 10.0 Å². The van der Waals surface area contributed by atoms with Crippen molar-refractivity contribution in [2.75, 3.05) is 47.4 Å².